The van der Waals surface area contributed by atoms with Gasteiger partial charge in [-0.1, -0.05) is 0 Å². The maximum absolute atomic E-state index is 12.6. The fourth-order valence-corrected chi connectivity index (χ4v) is 2.94. The molecule has 1 N–H and O–H groups in total. The molecule has 1 amide bonds. The molecule has 180 valence electrons. The van der Waals surface area contributed by atoms with Gasteiger partial charge < -0.3 is 18.9 Å². The lowest BCUT2D eigenvalue weighted by molar-refractivity contribution is -0.384. The summed E-state index contributed by atoms with van der Waals surface area (Å²) < 4.78 is 21.1. The Bertz CT molecular complexity index is 1270. The number of nitro benzene ring substituents is 1. The van der Waals surface area contributed by atoms with E-state index in [1.54, 1.807) is 24.3 Å². The zero-order chi connectivity index (χ0) is 25.4. The van der Waals surface area contributed by atoms with Crippen LogP contribution >= 0.6 is 0 Å². The second kappa shape index (κ2) is 11.3. The van der Waals surface area contributed by atoms with Crippen LogP contribution in [0, 0.1) is 10.1 Å². The molecule has 0 heterocycles. The number of ether oxygens (including phenoxy) is 4. The number of esters is 1. The molecule has 0 aliphatic carbocycles. The minimum Gasteiger partial charge on any atom is -0.493 e. The van der Waals surface area contributed by atoms with E-state index >= 15 is 0 Å². The van der Waals surface area contributed by atoms with E-state index in [1.807, 2.05) is 0 Å². The first kappa shape index (κ1) is 24.7. The summed E-state index contributed by atoms with van der Waals surface area (Å²) in [6, 6.07) is 14.5. The SMILES string of the molecule is COc1ccc(C(=O)Oc2ccc(C=NNC(=O)c3ccc([N+](=O)[O-])cc3)cc2OC)cc1OC. The molecule has 0 atom stereocenters. The Hall–Kier alpha value is -4.93. The van der Waals surface area contributed by atoms with Crippen molar-refractivity contribution in [3.8, 4) is 23.0 Å². The van der Waals surface area contributed by atoms with Crippen molar-refractivity contribution in [3.05, 3.63) is 87.5 Å². The molecule has 0 aliphatic heterocycles. The van der Waals surface area contributed by atoms with E-state index in [1.165, 1.54) is 63.9 Å². The summed E-state index contributed by atoms with van der Waals surface area (Å²) in [6.45, 7) is 0. The Morgan fingerprint density at radius 1 is 0.829 bits per heavy atom. The van der Waals surface area contributed by atoms with Crippen molar-refractivity contribution in [2.24, 2.45) is 5.10 Å². The molecule has 0 aromatic heterocycles. The first-order chi connectivity index (χ1) is 16.9. The second-order valence-corrected chi connectivity index (χ2v) is 6.87. The third-order valence-electron chi connectivity index (χ3n) is 4.73. The molecule has 0 saturated carbocycles. The van der Waals surface area contributed by atoms with Crippen molar-refractivity contribution in [3.63, 3.8) is 0 Å². The number of amides is 1. The van der Waals surface area contributed by atoms with E-state index < -0.39 is 16.8 Å². The van der Waals surface area contributed by atoms with Crippen LogP contribution in [0.5, 0.6) is 23.0 Å². The van der Waals surface area contributed by atoms with Crippen molar-refractivity contribution in [2.75, 3.05) is 21.3 Å². The number of carbonyl (C=O) groups excluding carboxylic acids is 2. The molecule has 0 unspecified atom stereocenters. The van der Waals surface area contributed by atoms with Gasteiger partial charge in [-0.3, -0.25) is 14.9 Å². The summed E-state index contributed by atoms with van der Waals surface area (Å²) in [5, 5.41) is 14.6. The summed E-state index contributed by atoms with van der Waals surface area (Å²) in [7, 11) is 4.37. The minimum absolute atomic E-state index is 0.121. The number of non-ortho nitro benzene ring substituents is 1. The van der Waals surface area contributed by atoms with Crippen molar-refractivity contribution < 1.29 is 33.5 Å². The normalized spacial score (nSPS) is 10.5. The van der Waals surface area contributed by atoms with Crippen molar-refractivity contribution in [2.45, 2.75) is 0 Å². The molecule has 35 heavy (non-hydrogen) atoms. The van der Waals surface area contributed by atoms with E-state index in [4.69, 9.17) is 18.9 Å². The Morgan fingerprint density at radius 2 is 1.43 bits per heavy atom. The minimum atomic E-state index is -0.624. The van der Waals surface area contributed by atoms with Crippen molar-refractivity contribution in [1.29, 1.82) is 0 Å². The average Bonchev–Trinajstić information content (AvgIpc) is 2.88. The first-order valence-corrected chi connectivity index (χ1v) is 10.1. The van der Waals surface area contributed by atoms with Gasteiger partial charge in [0.15, 0.2) is 23.0 Å². The number of hydrogen-bond donors (Lipinski definition) is 1. The third kappa shape index (κ3) is 6.11. The predicted octanol–water partition coefficient (Wildman–Crippen LogP) is 3.60. The van der Waals surface area contributed by atoms with E-state index in [9.17, 15) is 19.7 Å². The van der Waals surface area contributed by atoms with Crippen LogP contribution in [0.3, 0.4) is 0 Å². The first-order valence-electron chi connectivity index (χ1n) is 10.1. The lowest BCUT2D eigenvalue weighted by atomic mass is 10.2. The van der Waals surface area contributed by atoms with E-state index in [0.717, 1.165) is 0 Å². The Kier molecular flexibility index (Phi) is 7.96. The number of rotatable bonds is 9. The van der Waals surface area contributed by atoms with Gasteiger partial charge in [-0.25, -0.2) is 10.2 Å². The van der Waals surface area contributed by atoms with E-state index in [-0.39, 0.29) is 28.3 Å². The highest BCUT2D eigenvalue weighted by Crippen LogP contribution is 2.31. The maximum atomic E-state index is 12.6. The average molecular weight is 479 g/mol. The fourth-order valence-electron chi connectivity index (χ4n) is 2.94. The van der Waals surface area contributed by atoms with Gasteiger partial charge in [0, 0.05) is 17.7 Å². The zero-order valence-electron chi connectivity index (χ0n) is 19.0. The van der Waals surface area contributed by atoms with Gasteiger partial charge in [-0.15, -0.1) is 0 Å². The van der Waals surface area contributed by atoms with Gasteiger partial charge in [0.05, 0.1) is 38.0 Å². The van der Waals surface area contributed by atoms with Gasteiger partial charge in [0.2, 0.25) is 0 Å². The Labute approximate surface area is 200 Å². The molecule has 0 bridgehead atoms. The number of hydrazone groups is 1. The number of nitro groups is 1. The van der Waals surface area contributed by atoms with Crippen LogP contribution < -0.4 is 24.4 Å². The van der Waals surface area contributed by atoms with Crippen molar-refractivity contribution >= 4 is 23.8 Å². The molecule has 3 rings (SSSR count). The van der Waals surface area contributed by atoms with Gasteiger partial charge in [-0.2, -0.15) is 5.10 Å². The topological polar surface area (TPSA) is 139 Å². The highest BCUT2D eigenvalue weighted by atomic mass is 16.6. The molecule has 0 fully saturated rings. The lowest BCUT2D eigenvalue weighted by Gasteiger charge is -2.11. The van der Waals surface area contributed by atoms with Crippen LogP contribution in [0.1, 0.15) is 26.3 Å². The van der Waals surface area contributed by atoms with Gasteiger partial charge in [-0.05, 0) is 54.1 Å². The maximum Gasteiger partial charge on any atom is 0.343 e. The van der Waals surface area contributed by atoms with Crippen LogP contribution in [0.4, 0.5) is 5.69 Å². The Morgan fingerprint density at radius 3 is 2.06 bits per heavy atom. The number of hydrogen-bond acceptors (Lipinski definition) is 9. The lowest BCUT2D eigenvalue weighted by Crippen LogP contribution is -2.17. The number of nitrogens with one attached hydrogen (secondary N) is 1. The Balaban J connectivity index is 1.67. The number of benzene rings is 3. The van der Waals surface area contributed by atoms with Crippen LogP contribution in [0.2, 0.25) is 0 Å². The number of nitrogens with zero attached hydrogens (tertiary/aromatic N) is 2. The molecule has 0 saturated heterocycles. The third-order valence-corrected chi connectivity index (χ3v) is 4.73. The molecule has 3 aromatic carbocycles. The van der Waals surface area contributed by atoms with Crippen LogP contribution in [-0.2, 0) is 0 Å². The summed E-state index contributed by atoms with van der Waals surface area (Å²) in [4.78, 5) is 34.9. The number of methoxy groups -OCH3 is 3. The fraction of sp³-hybridized carbons (Fsp3) is 0.125. The molecule has 0 aliphatic rings. The van der Waals surface area contributed by atoms with E-state index in [0.29, 0.717) is 17.1 Å². The standard InChI is InChI=1S/C24H21N3O8/c1-32-19-11-7-17(13-22(19)34-3)24(29)35-20-10-4-15(12-21(20)33-2)14-25-26-23(28)16-5-8-18(9-6-16)27(30)31/h4-14H,1-3H3,(H,26,28). The highest BCUT2D eigenvalue weighted by Gasteiger charge is 2.16. The van der Waals surface area contributed by atoms with Crippen LogP contribution in [-0.4, -0.2) is 44.3 Å². The van der Waals surface area contributed by atoms with Crippen molar-refractivity contribution in [1.82, 2.24) is 5.43 Å². The monoisotopic (exact) mass is 479 g/mol. The molecule has 11 heteroatoms. The number of carbonyl (C=O) groups is 2. The predicted molar refractivity (Wildman–Crippen MR) is 126 cm³/mol. The molecule has 0 radical (unpaired) electrons. The molecular formula is C24H21N3O8. The molecule has 11 nitrogen and oxygen atoms in total. The molecular weight excluding hydrogens is 458 g/mol. The second-order valence-electron chi connectivity index (χ2n) is 6.87. The summed E-state index contributed by atoms with van der Waals surface area (Å²) >= 11 is 0. The summed E-state index contributed by atoms with van der Waals surface area (Å²) in [5.41, 5.74) is 3.23. The van der Waals surface area contributed by atoms with Crippen LogP contribution in [0.25, 0.3) is 0 Å². The molecule has 3 aromatic rings. The van der Waals surface area contributed by atoms with Crippen LogP contribution in [0.15, 0.2) is 65.8 Å². The molecule has 0 spiro atoms. The quantitative estimate of drug-likeness (QED) is 0.161. The van der Waals surface area contributed by atoms with Gasteiger partial charge >= 0.3 is 5.97 Å². The zero-order valence-corrected chi connectivity index (χ0v) is 19.0. The van der Waals surface area contributed by atoms with E-state index in [2.05, 4.69) is 10.5 Å². The summed E-state index contributed by atoms with van der Waals surface area (Å²) in [6.07, 6.45) is 1.37. The highest BCUT2D eigenvalue weighted by molar-refractivity contribution is 5.95. The van der Waals surface area contributed by atoms with Gasteiger partial charge in [0.1, 0.15) is 0 Å². The van der Waals surface area contributed by atoms with Gasteiger partial charge in [0.25, 0.3) is 11.6 Å². The summed E-state index contributed by atoms with van der Waals surface area (Å²) in [5.74, 6) is 0.149. The largest absolute Gasteiger partial charge is 0.493 e. The smallest absolute Gasteiger partial charge is 0.343 e.